The topological polar surface area (TPSA) is 34.1 Å². The molecular weight excluding hydrogens is 284 g/mol. The van der Waals surface area contributed by atoms with Crippen molar-refractivity contribution >= 4 is 11.6 Å². The Bertz CT molecular complexity index is 549. The van der Waals surface area contributed by atoms with E-state index in [2.05, 4.69) is 41.5 Å². The quantitative estimate of drug-likeness (QED) is 0.742. The number of carbonyl (C=O) groups is 2. The van der Waals surface area contributed by atoms with E-state index < -0.39 is 0 Å². The van der Waals surface area contributed by atoms with Crippen LogP contribution >= 0.6 is 0 Å². The molecular formula is C21H32O2. The lowest BCUT2D eigenvalue weighted by molar-refractivity contribution is -0.134. The standard InChI is InChI=1S/C21H32O2/c1-18(2)14-7-9-20(18,5)16(22)12(14)11-13-15-8-10-21(6,17(13)23)19(15,3)4/h12-15H,7-11H2,1-6H3/t12?,13?,14-,15-,20+,21+/m1/s1. The highest BCUT2D eigenvalue weighted by Crippen LogP contribution is 2.70. The fourth-order valence-electron chi connectivity index (χ4n) is 7.36. The van der Waals surface area contributed by atoms with Crippen LogP contribution in [0.2, 0.25) is 0 Å². The maximum Gasteiger partial charge on any atom is 0.142 e. The molecule has 4 aliphatic carbocycles. The van der Waals surface area contributed by atoms with E-state index in [9.17, 15) is 9.59 Å². The van der Waals surface area contributed by atoms with E-state index in [1.807, 2.05) is 0 Å². The van der Waals surface area contributed by atoms with Crippen molar-refractivity contribution in [3.63, 3.8) is 0 Å². The third kappa shape index (κ3) is 1.48. The summed E-state index contributed by atoms with van der Waals surface area (Å²) in [6.45, 7) is 13.5. The summed E-state index contributed by atoms with van der Waals surface area (Å²) in [5.74, 6) is 2.19. The molecule has 0 radical (unpaired) electrons. The van der Waals surface area contributed by atoms with Crippen molar-refractivity contribution < 1.29 is 9.59 Å². The number of ketones is 2. The number of hydrogen-bond acceptors (Lipinski definition) is 2. The zero-order valence-corrected chi connectivity index (χ0v) is 15.7. The zero-order valence-electron chi connectivity index (χ0n) is 15.7. The molecule has 2 heteroatoms. The van der Waals surface area contributed by atoms with Crippen LogP contribution in [0, 0.1) is 45.3 Å². The second-order valence-corrected chi connectivity index (χ2v) is 10.6. The maximum atomic E-state index is 13.1. The van der Waals surface area contributed by atoms with Gasteiger partial charge < -0.3 is 0 Å². The molecule has 0 aromatic rings. The Labute approximate surface area is 140 Å². The first-order valence-corrected chi connectivity index (χ1v) is 9.57. The van der Waals surface area contributed by atoms with Gasteiger partial charge in [0.2, 0.25) is 0 Å². The van der Waals surface area contributed by atoms with Gasteiger partial charge >= 0.3 is 0 Å². The number of rotatable bonds is 2. The van der Waals surface area contributed by atoms with Crippen molar-refractivity contribution in [1.29, 1.82) is 0 Å². The van der Waals surface area contributed by atoms with Gasteiger partial charge in [-0.25, -0.2) is 0 Å². The molecule has 4 rings (SSSR count). The molecule has 0 N–H and O–H groups in total. The van der Waals surface area contributed by atoms with Crippen molar-refractivity contribution in [2.24, 2.45) is 45.3 Å². The normalized spacial score (nSPS) is 52.6. The Hall–Kier alpha value is -0.660. The lowest BCUT2D eigenvalue weighted by atomic mass is 9.70. The summed E-state index contributed by atoms with van der Waals surface area (Å²) in [4.78, 5) is 26.3. The molecule has 6 atom stereocenters. The van der Waals surface area contributed by atoms with E-state index in [-0.39, 0.29) is 33.5 Å². The number of carbonyl (C=O) groups excluding carboxylic acids is 2. The second-order valence-electron chi connectivity index (χ2n) is 10.6. The average Bonchev–Trinajstić information content (AvgIpc) is 2.93. The second kappa shape index (κ2) is 4.11. The average molecular weight is 316 g/mol. The Morgan fingerprint density at radius 2 is 1.09 bits per heavy atom. The largest absolute Gasteiger partial charge is 0.299 e. The minimum Gasteiger partial charge on any atom is -0.299 e. The fraction of sp³-hybridized carbons (Fsp3) is 0.905. The third-order valence-electron chi connectivity index (χ3n) is 9.85. The molecule has 0 amide bonds. The van der Waals surface area contributed by atoms with E-state index in [0.29, 0.717) is 23.4 Å². The van der Waals surface area contributed by atoms with Crippen LogP contribution in [0.25, 0.3) is 0 Å². The van der Waals surface area contributed by atoms with E-state index in [0.717, 1.165) is 19.3 Å². The molecule has 0 heterocycles. The first kappa shape index (κ1) is 15.8. The summed E-state index contributed by atoms with van der Waals surface area (Å²) in [6, 6.07) is 0. The van der Waals surface area contributed by atoms with E-state index in [1.165, 1.54) is 12.8 Å². The molecule has 0 aromatic heterocycles. The van der Waals surface area contributed by atoms with Gasteiger partial charge in [0.25, 0.3) is 0 Å². The molecule has 4 bridgehead atoms. The Kier molecular flexibility index (Phi) is 2.83. The van der Waals surface area contributed by atoms with Gasteiger partial charge in [0.1, 0.15) is 11.6 Å². The molecule has 4 fully saturated rings. The van der Waals surface area contributed by atoms with Gasteiger partial charge in [-0.3, -0.25) is 9.59 Å². The van der Waals surface area contributed by atoms with Crippen LogP contribution in [0.4, 0.5) is 0 Å². The molecule has 0 saturated heterocycles. The number of Topliss-reactive ketones (excluding diaryl/α,β-unsaturated/α-hetero) is 2. The van der Waals surface area contributed by atoms with Crippen LogP contribution in [0.3, 0.4) is 0 Å². The van der Waals surface area contributed by atoms with Gasteiger partial charge in [0.05, 0.1) is 0 Å². The van der Waals surface area contributed by atoms with Crippen molar-refractivity contribution in [3.05, 3.63) is 0 Å². The zero-order chi connectivity index (χ0) is 17.0. The number of fused-ring (bicyclic) bond motifs is 4. The minimum absolute atomic E-state index is 0.106. The Balaban J connectivity index is 1.64. The predicted octanol–water partition coefficient (Wildman–Crippen LogP) is 4.66. The fourth-order valence-corrected chi connectivity index (χ4v) is 7.36. The van der Waals surface area contributed by atoms with Crippen LogP contribution in [-0.4, -0.2) is 11.6 Å². The van der Waals surface area contributed by atoms with E-state index >= 15 is 0 Å². The van der Waals surface area contributed by atoms with E-state index in [4.69, 9.17) is 0 Å². The summed E-state index contributed by atoms with van der Waals surface area (Å²) in [5.41, 5.74) is -0.0888. The van der Waals surface area contributed by atoms with Crippen LogP contribution in [-0.2, 0) is 9.59 Å². The van der Waals surface area contributed by atoms with Crippen molar-refractivity contribution in [2.75, 3.05) is 0 Å². The minimum atomic E-state index is -0.150. The van der Waals surface area contributed by atoms with Gasteiger partial charge in [-0.2, -0.15) is 0 Å². The van der Waals surface area contributed by atoms with Gasteiger partial charge in [0, 0.05) is 22.7 Å². The van der Waals surface area contributed by atoms with Crippen molar-refractivity contribution in [3.8, 4) is 0 Å². The Morgan fingerprint density at radius 1 is 0.739 bits per heavy atom. The van der Waals surface area contributed by atoms with E-state index in [1.54, 1.807) is 0 Å². The van der Waals surface area contributed by atoms with Crippen LogP contribution < -0.4 is 0 Å². The monoisotopic (exact) mass is 316 g/mol. The van der Waals surface area contributed by atoms with Crippen LogP contribution in [0.1, 0.15) is 73.6 Å². The van der Waals surface area contributed by atoms with Crippen LogP contribution in [0.15, 0.2) is 0 Å². The SMILES string of the molecule is CC1(C)[C@@H]2CC[C@@]1(C)C(=O)C2CC1C(=O)[C@]2(C)CC[C@H]1C2(C)C. The lowest BCUT2D eigenvalue weighted by Crippen LogP contribution is -2.36. The third-order valence-corrected chi connectivity index (χ3v) is 9.85. The summed E-state index contributed by atoms with van der Waals surface area (Å²) in [5, 5.41) is 0. The van der Waals surface area contributed by atoms with Gasteiger partial charge in [0.15, 0.2) is 0 Å². The summed E-state index contributed by atoms with van der Waals surface area (Å²) in [6.07, 6.45) is 5.28. The first-order chi connectivity index (χ1) is 10.5. The highest BCUT2D eigenvalue weighted by atomic mass is 16.1. The summed E-state index contributed by atoms with van der Waals surface area (Å²) in [7, 11) is 0. The van der Waals surface area contributed by atoms with Crippen molar-refractivity contribution in [1.82, 2.24) is 0 Å². The summed E-state index contributed by atoms with van der Waals surface area (Å²) >= 11 is 0. The smallest absolute Gasteiger partial charge is 0.142 e. The van der Waals surface area contributed by atoms with Gasteiger partial charge in [-0.1, -0.05) is 41.5 Å². The highest BCUT2D eigenvalue weighted by Gasteiger charge is 2.70. The highest BCUT2D eigenvalue weighted by molar-refractivity contribution is 5.94. The Morgan fingerprint density at radius 3 is 1.35 bits per heavy atom. The summed E-state index contributed by atoms with van der Waals surface area (Å²) < 4.78 is 0. The van der Waals surface area contributed by atoms with Crippen molar-refractivity contribution in [2.45, 2.75) is 73.6 Å². The van der Waals surface area contributed by atoms with Gasteiger partial charge in [-0.15, -0.1) is 0 Å². The molecule has 2 nitrogen and oxygen atoms in total. The molecule has 4 aliphatic rings. The molecule has 128 valence electrons. The predicted molar refractivity (Wildman–Crippen MR) is 90.8 cm³/mol. The lowest BCUT2D eigenvalue weighted by Gasteiger charge is -2.32. The van der Waals surface area contributed by atoms with Gasteiger partial charge in [-0.05, 0) is 54.8 Å². The molecule has 0 spiro atoms. The molecule has 2 unspecified atom stereocenters. The van der Waals surface area contributed by atoms with Crippen LogP contribution in [0.5, 0.6) is 0 Å². The molecule has 0 aromatic carbocycles. The molecule has 0 aliphatic heterocycles. The number of hydrogen-bond donors (Lipinski definition) is 0. The maximum absolute atomic E-state index is 13.1. The first-order valence-electron chi connectivity index (χ1n) is 9.57. The molecule has 4 saturated carbocycles. The molecule has 23 heavy (non-hydrogen) atoms.